The van der Waals surface area contributed by atoms with Gasteiger partial charge < -0.3 is 15.6 Å². The summed E-state index contributed by atoms with van der Waals surface area (Å²) in [5.74, 6) is -3.59. The van der Waals surface area contributed by atoms with Gasteiger partial charge in [-0.05, 0) is 66.9 Å². The van der Waals surface area contributed by atoms with E-state index in [1.165, 1.54) is 30.5 Å². The molecule has 1 atom stereocenters. The second kappa shape index (κ2) is 11.0. The molecular formula is C30H24F3N5O2. The van der Waals surface area contributed by atoms with Crippen molar-refractivity contribution in [3.63, 3.8) is 0 Å². The van der Waals surface area contributed by atoms with Crippen LogP contribution in [0.5, 0.6) is 0 Å². The predicted octanol–water partition coefficient (Wildman–Crippen LogP) is 5.02. The number of nitrogens with zero attached hydrogens (tertiary/aromatic N) is 3. The molecule has 0 saturated carbocycles. The second-order valence-corrected chi connectivity index (χ2v) is 9.43. The third-order valence-electron chi connectivity index (χ3n) is 6.51. The molecule has 0 aliphatic carbocycles. The van der Waals surface area contributed by atoms with Crippen molar-refractivity contribution in [2.24, 2.45) is 5.73 Å². The van der Waals surface area contributed by atoms with E-state index in [-0.39, 0.29) is 24.4 Å². The maximum Gasteiger partial charge on any atom is 0.251 e. The molecule has 5 aromatic rings. The molecule has 5 rings (SSSR count). The summed E-state index contributed by atoms with van der Waals surface area (Å²) >= 11 is 0. The van der Waals surface area contributed by atoms with Crippen molar-refractivity contribution in [3.8, 4) is 11.1 Å². The third-order valence-corrected chi connectivity index (χ3v) is 6.51. The molecule has 3 heterocycles. The van der Waals surface area contributed by atoms with Crippen LogP contribution in [0.1, 0.15) is 33.4 Å². The zero-order valence-electron chi connectivity index (χ0n) is 21.4. The smallest absolute Gasteiger partial charge is 0.251 e. The molecule has 7 nitrogen and oxygen atoms in total. The van der Waals surface area contributed by atoms with Gasteiger partial charge in [0.2, 0.25) is 5.91 Å². The third kappa shape index (κ3) is 5.70. The summed E-state index contributed by atoms with van der Waals surface area (Å²) in [6.07, 6.45) is 5.02. The fourth-order valence-electron chi connectivity index (χ4n) is 4.72. The van der Waals surface area contributed by atoms with Gasteiger partial charge in [-0.25, -0.2) is 13.2 Å². The summed E-state index contributed by atoms with van der Waals surface area (Å²) in [4.78, 5) is 33.9. The molecule has 0 aliphatic heterocycles. The van der Waals surface area contributed by atoms with Gasteiger partial charge in [0.25, 0.3) is 5.91 Å². The molecule has 3 N–H and O–H groups in total. The van der Waals surface area contributed by atoms with Gasteiger partial charge in [-0.3, -0.25) is 19.6 Å². The number of aryl methyl sites for hydroxylation is 1. The Balaban J connectivity index is 1.53. The molecule has 2 amide bonds. The fourth-order valence-corrected chi connectivity index (χ4v) is 4.72. The lowest BCUT2D eigenvalue weighted by molar-refractivity contribution is -0.122. The lowest BCUT2D eigenvalue weighted by atomic mass is 9.94. The van der Waals surface area contributed by atoms with E-state index < -0.39 is 29.4 Å². The summed E-state index contributed by atoms with van der Waals surface area (Å²) in [6.45, 7) is 1.82. The van der Waals surface area contributed by atoms with Crippen LogP contribution in [0.2, 0.25) is 0 Å². The Morgan fingerprint density at radius 3 is 2.52 bits per heavy atom. The maximum atomic E-state index is 14.2. The van der Waals surface area contributed by atoms with Gasteiger partial charge in [0.15, 0.2) is 0 Å². The first kappa shape index (κ1) is 26.6. The van der Waals surface area contributed by atoms with Gasteiger partial charge in [0, 0.05) is 41.3 Å². The monoisotopic (exact) mass is 543 g/mol. The number of halogens is 3. The highest BCUT2D eigenvalue weighted by Crippen LogP contribution is 2.30. The first-order valence-electron chi connectivity index (χ1n) is 12.4. The van der Waals surface area contributed by atoms with Crippen LogP contribution in [0, 0.1) is 24.4 Å². The summed E-state index contributed by atoms with van der Waals surface area (Å²) in [7, 11) is 0. The molecule has 3 aromatic heterocycles. The number of hydrogen-bond donors (Lipinski definition) is 2. The number of nitrogens with two attached hydrogens (primary N) is 1. The van der Waals surface area contributed by atoms with Crippen molar-refractivity contribution in [2.45, 2.75) is 25.9 Å². The van der Waals surface area contributed by atoms with Crippen LogP contribution in [-0.4, -0.2) is 26.3 Å². The van der Waals surface area contributed by atoms with Crippen LogP contribution in [0.3, 0.4) is 0 Å². The normalized spacial score (nSPS) is 11.9. The van der Waals surface area contributed by atoms with E-state index in [4.69, 9.17) is 5.73 Å². The Kier molecular flexibility index (Phi) is 7.33. The molecule has 10 heteroatoms. The summed E-state index contributed by atoms with van der Waals surface area (Å²) in [5, 5.41) is 3.82. The number of carbonyl (C=O) groups excluding carboxylic acids is 2. The number of nitrogens with one attached hydrogen (secondary N) is 1. The number of aromatic nitrogens is 3. The molecular weight excluding hydrogens is 519 g/mol. The fraction of sp³-hybridized carbons (Fsp3) is 0.133. The molecule has 1 unspecified atom stereocenters. The Bertz CT molecular complexity index is 1730. The molecule has 40 heavy (non-hydrogen) atoms. The van der Waals surface area contributed by atoms with Gasteiger partial charge in [0.1, 0.15) is 24.0 Å². The van der Waals surface area contributed by atoms with Gasteiger partial charge in [-0.1, -0.05) is 12.1 Å². The van der Waals surface area contributed by atoms with E-state index in [2.05, 4.69) is 15.3 Å². The lowest BCUT2D eigenvalue weighted by Crippen LogP contribution is -2.33. The van der Waals surface area contributed by atoms with E-state index in [1.54, 1.807) is 29.1 Å². The van der Waals surface area contributed by atoms with E-state index in [9.17, 15) is 22.8 Å². The maximum absolute atomic E-state index is 14.2. The number of amides is 2. The molecule has 202 valence electrons. The lowest BCUT2D eigenvalue weighted by Gasteiger charge is -2.22. The van der Waals surface area contributed by atoms with E-state index in [0.717, 1.165) is 28.7 Å². The number of pyridine rings is 2. The van der Waals surface area contributed by atoms with Crippen molar-refractivity contribution >= 4 is 22.7 Å². The SMILES string of the molecule is Cc1cc2c(ccn2CC(=O)NC(Cc2cc(F)cc(F)c2)c2ncccc2-c2ccc(F)c(C(N)=O)c2)cn1. The summed E-state index contributed by atoms with van der Waals surface area (Å²) < 4.78 is 44.1. The number of rotatable bonds is 8. The molecule has 0 bridgehead atoms. The van der Waals surface area contributed by atoms with Crippen LogP contribution >= 0.6 is 0 Å². The minimum Gasteiger partial charge on any atom is -0.366 e. The standard InChI is InChI=1S/C30H24F3N5O2/c1-17-9-27-20(15-36-17)6-8-38(27)16-28(39)37-26(12-18-10-21(31)14-22(32)11-18)29-23(3-2-7-35-29)19-4-5-25(33)24(13-19)30(34)40/h2-11,13-15,26H,12,16H2,1H3,(H2,34,40)(H,37,39). The largest absolute Gasteiger partial charge is 0.366 e. The minimum atomic E-state index is -0.936. The highest BCUT2D eigenvalue weighted by molar-refractivity contribution is 5.94. The van der Waals surface area contributed by atoms with Gasteiger partial charge in [-0.15, -0.1) is 0 Å². The number of benzene rings is 2. The molecule has 0 aliphatic rings. The second-order valence-electron chi connectivity index (χ2n) is 9.43. The van der Waals surface area contributed by atoms with Crippen LogP contribution in [0.25, 0.3) is 22.0 Å². The average molecular weight is 544 g/mol. The highest BCUT2D eigenvalue weighted by Gasteiger charge is 2.23. The van der Waals surface area contributed by atoms with Crippen LogP contribution in [0.15, 0.2) is 79.3 Å². The zero-order chi connectivity index (χ0) is 28.4. The zero-order valence-corrected chi connectivity index (χ0v) is 21.4. The molecule has 0 spiro atoms. The predicted molar refractivity (Wildman–Crippen MR) is 144 cm³/mol. The Hall–Kier alpha value is -4.99. The van der Waals surface area contributed by atoms with Crippen LogP contribution in [0.4, 0.5) is 13.2 Å². The number of fused-ring (bicyclic) bond motifs is 1. The van der Waals surface area contributed by atoms with Crippen molar-refractivity contribution in [1.82, 2.24) is 19.9 Å². The Morgan fingerprint density at radius 1 is 1.00 bits per heavy atom. The highest BCUT2D eigenvalue weighted by atomic mass is 19.1. The minimum absolute atomic E-state index is 0.00373. The Labute approximate surface area is 227 Å². The summed E-state index contributed by atoms with van der Waals surface area (Å²) in [6, 6.07) is 13.3. The van der Waals surface area contributed by atoms with Crippen LogP contribution in [-0.2, 0) is 17.8 Å². The van der Waals surface area contributed by atoms with Crippen LogP contribution < -0.4 is 11.1 Å². The Morgan fingerprint density at radius 2 is 1.77 bits per heavy atom. The number of primary amides is 1. The van der Waals surface area contributed by atoms with Crippen molar-refractivity contribution in [2.75, 3.05) is 0 Å². The molecule has 0 fully saturated rings. The van der Waals surface area contributed by atoms with Crippen molar-refractivity contribution in [3.05, 3.63) is 119 Å². The van der Waals surface area contributed by atoms with E-state index in [0.29, 0.717) is 22.4 Å². The molecule has 0 saturated heterocycles. The number of hydrogen-bond acceptors (Lipinski definition) is 4. The van der Waals surface area contributed by atoms with E-state index >= 15 is 0 Å². The van der Waals surface area contributed by atoms with Gasteiger partial charge >= 0.3 is 0 Å². The van der Waals surface area contributed by atoms with Gasteiger partial charge in [-0.2, -0.15) is 0 Å². The first-order valence-corrected chi connectivity index (χ1v) is 12.4. The molecule has 0 radical (unpaired) electrons. The van der Waals surface area contributed by atoms with Gasteiger partial charge in [0.05, 0.1) is 22.8 Å². The quantitative estimate of drug-likeness (QED) is 0.287. The first-order chi connectivity index (χ1) is 19.2. The van der Waals surface area contributed by atoms with Crippen molar-refractivity contribution < 1.29 is 22.8 Å². The van der Waals surface area contributed by atoms with Crippen molar-refractivity contribution in [1.29, 1.82) is 0 Å². The average Bonchev–Trinajstić information content (AvgIpc) is 3.29. The van der Waals surface area contributed by atoms with E-state index in [1.807, 2.05) is 19.1 Å². The number of carbonyl (C=O) groups is 2. The topological polar surface area (TPSA) is 103 Å². The molecule has 2 aromatic carbocycles. The summed E-state index contributed by atoms with van der Waals surface area (Å²) in [5.41, 5.74) is 8.24.